The maximum atomic E-state index is 11.3. The number of hydrogen-bond donors (Lipinski definition) is 1. The zero-order chi connectivity index (χ0) is 10.8. The third kappa shape index (κ3) is 1.83. The van der Waals surface area contributed by atoms with Crippen LogP contribution in [0.1, 0.15) is 12.0 Å². The van der Waals surface area contributed by atoms with E-state index in [2.05, 4.69) is 0 Å². The zero-order valence-electron chi connectivity index (χ0n) is 8.22. The molecule has 1 saturated heterocycles. The molecule has 0 aromatic heterocycles. The van der Waals surface area contributed by atoms with Gasteiger partial charge >= 0.3 is 0 Å². The van der Waals surface area contributed by atoms with Gasteiger partial charge in [-0.15, -0.1) is 0 Å². The first kappa shape index (κ1) is 9.71. The second-order valence-electron chi connectivity index (χ2n) is 3.63. The van der Waals surface area contributed by atoms with Crippen LogP contribution in [0.25, 0.3) is 0 Å². The minimum atomic E-state index is -0.425. The summed E-state index contributed by atoms with van der Waals surface area (Å²) in [4.78, 5) is 23.7. The summed E-state index contributed by atoms with van der Waals surface area (Å²) < 4.78 is 0. The molecule has 1 atom stereocenters. The molecule has 4 nitrogen and oxygen atoms in total. The van der Waals surface area contributed by atoms with E-state index in [0.29, 0.717) is 6.54 Å². The second kappa shape index (κ2) is 3.73. The average molecular weight is 204 g/mol. The Bertz CT molecular complexity index is 389. The van der Waals surface area contributed by atoms with Gasteiger partial charge < -0.3 is 10.6 Å². The highest BCUT2D eigenvalue weighted by molar-refractivity contribution is 5.96. The van der Waals surface area contributed by atoms with Crippen LogP contribution in [0.15, 0.2) is 30.3 Å². The highest BCUT2D eigenvalue weighted by Crippen LogP contribution is 2.21. The number of primary amides is 1. The Morgan fingerprint density at radius 3 is 2.60 bits per heavy atom. The summed E-state index contributed by atoms with van der Waals surface area (Å²) in [6.07, 6.45) is 0.252. The molecule has 2 amide bonds. The summed E-state index contributed by atoms with van der Waals surface area (Å²) in [6, 6.07) is 9.13. The average Bonchev–Trinajstić information content (AvgIpc) is 2.23. The van der Waals surface area contributed by atoms with E-state index in [9.17, 15) is 9.59 Å². The molecule has 1 aromatic carbocycles. The first-order valence-electron chi connectivity index (χ1n) is 4.81. The summed E-state index contributed by atoms with van der Waals surface area (Å²) in [6.45, 7) is 0.466. The normalized spacial score (nSPS) is 19.9. The van der Waals surface area contributed by atoms with Gasteiger partial charge in [-0.3, -0.25) is 9.59 Å². The van der Waals surface area contributed by atoms with Crippen molar-refractivity contribution in [1.82, 2.24) is 4.90 Å². The van der Waals surface area contributed by atoms with Gasteiger partial charge in [0.2, 0.25) is 11.8 Å². The molecule has 0 bridgehead atoms. The van der Waals surface area contributed by atoms with Crippen molar-refractivity contribution in [3.05, 3.63) is 35.9 Å². The van der Waals surface area contributed by atoms with E-state index >= 15 is 0 Å². The van der Waals surface area contributed by atoms with Crippen molar-refractivity contribution in [1.29, 1.82) is 0 Å². The highest BCUT2D eigenvalue weighted by Gasteiger charge is 2.39. The number of nitrogens with zero attached hydrogens (tertiary/aromatic N) is 1. The number of likely N-dealkylation sites (tertiary alicyclic amines) is 1. The Balaban J connectivity index is 2.06. The molecule has 2 N–H and O–H groups in total. The smallest absolute Gasteiger partial charge is 0.240 e. The predicted molar refractivity (Wildman–Crippen MR) is 54.6 cm³/mol. The fraction of sp³-hybridized carbons (Fsp3) is 0.273. The van der Waals surface area contributed by atoms with Gasteiger partial charge in [-0.05, 0) is 5.56 Å². The molecule has 0 spiro atoms. The first-order chi connectivity index (χ1) is 7.18. The number of nitrogens with two attached hydrogens (primary N) is 1. The molecule has 4 heteroatoms. The number of amides is 2. The van der Waals surface area contributed by atoms with E-state index in [1.54, 1.807) is 0 Å². The Kier molecular flexibility index (Phi) is 2.41. The molecule has 1 aliphatic rings. The van der Waals surface area contributed by atoms with Gasteiger partial charge in [0.25, 0.3) is 0 Å². The van der Waals surface area contributed by atoms with Crippen LogP contribution in [0.3, 0.4) is 0 Å². The van der Waals surface area contributed by atoms with Crippen molar-refractivity contribution in [2.24, 2.45) is 5.73 Å². The lowest BCUT2D eigenvalue weighted by Crippen LogP contribution is -2.57. The molecule has 1 heterocycles. The molecule has 1 aromatic rings. The molecule has 0 saturated carbocycles. The van der Waals surface area contributed by atoms with E-state index in [1.165, 1.54) is 4.90 Å². The van der Waals surface area contributed by atoms with Gasteiger partial charge in [0.05, 0.1) is 6.42 Å². The molecule has 15 heavy (non-hydrogen) atoms. The van der Waals surface area contributed by atoms with E-state index in [0.717, 1.165) is 5.56 Å². The molecule has 78 valence electrons. The van der Waals surface area contributed by atoms with Crippen LogP contribution in [0.4, 0.5) is 0 Å². The summed E-state index contributed by atoms with van der Waals surface area (Å²) in [5, 5.41) is 0. The zero-order valence-corrected chi connectivity index (χ0v) is 8.22. The second-order valence-corrected chi connectivity index (χ2v) is 3.63. The molecule has 1 fully saturated rings. The van der Waals surface area contributed by atoms with Crippen LogP contribution in [-0.4, -0.2) is 22.8 Å². The van der Waals surface area contributed by atoms with Gasteiger partial charge in [0.1, 0.15) is 6.04 Å². The summed E-state index contributed by atoms with van der Waals surface area (Å²) in [7, 11) is 0. The molecule has 0 radical (unpaired) electrons. The van der Waals surface area contributed by atoms with Crippen LogP contribution >= 0.6 is 0 Å². The number of carbonyl (C=O) groups is 2. The highest BCUT2D eigenvalue weighted by atomic mass is 16.2. The van der Waals surface area contributed by atoms with Gasteiger partial charge in [-0.2, -0.15) is 0 Å². The van der Waals surface area contributed by atoms with E-state index < -0.39 is 11.9 Å². The SMILES string of the molecule is NC(=O)[C@H]1CC(=O)N1Cc1ccccc1. The number of hydrogen-bond acceptors (Lipinski definition) is 2. The van der Waals surface area contributed by atoms with Crippen LogP contribution in [-0.2, 0) is 16.1 Å². The van der Waals surface area contributed by atoms with Gasteiger partial charge in [-0.25, -0.2) is 0 Å². The van der Waals surface area contributed by atoms with Crippen molar-refractivity contribution in [3.63, 3.8) is 0 Å². The van der Waals surface area contributed by atoms with Gasteiger partial charge in [-0.1, -0.05) is 30.3 Å². The molecular formula is C11H12N2O2. The quantitative estimate of drug-likeness (QED) is 0.718. The minimum absolute atomic E-state index is 0.0114. The topological polar surface area (TPSA) is 63.4 Å². The van der Waals surface area contributed by atoms with Crippen molar-refractivity contribution < 1.29 is 9.59 Å². The Hall–Kier alpha value is -1.84. The summed E-state index contributed by atoms with van der Waals surface area (Å²) >= 11 is 0. The van der Waals surface area contributed by atoms with Crippen LogP contribution < -0.4 is 5.73 Å². The molecule has 0 aliphatic carbocycles. The maximum absolute atomic E-state index is 11.3. The Labute approximate surface area is 87.7 Å². The summed E-state index contributed by atoms with van der Waals surface area (Å²) in [5.74, 6) is -0.437. The fourth-order valence-electron chi connectivity index (χ4n) is 1.69. The Morgan fingerprint density at radius 1 is 1.40 bits per heavy atom. The maximum Gasteiger partial charge on any atom is 0.240 e. The van der Waals surface area contributed by atoms with Crippen molar-refractivity contribution in [2.75, 3.05) is 0 Å². The van der Waals surface area contributed by atoms with Gasteiger partial charge in [0.15, 0.2) is 0 Å². The van der Waals surface area contributed by atoms with E-state index in [-0.39, 0.29) is 12.3 Å². The fourth-order valence-corrected chi connectivity index (χ4v) is 1.69. The van der Waals surface area contributed by atoms with E-state index in [4.69, 9.17) is 5.73 Å². The lowest BCUT2D eigenvalue weighted by Gasteiger charge is -2.38. The third-order valence-electron chi connectivity index (χ3n) is 2.59. The lowest BCUT2D eigenvalue weighted by molar-refractivity contribution is -0.153. The monoisotopic (exact) mass is 204 g/mol. The third-order valence-corrected chi connectivity index (χ3v) is 2.59. The van der Waals surface area contributed by atoms with E-state index in [1.807, 2.05) is 30.3 Å². The van der Waals surface area contributed by atoms with Crippen molar-refractivity contribution in [3.8, 4) is 0 Å². The summed E-state index contributed by atoms with van der Waals surface area (Å²) in [5.41, 5.74) is 6.18. The standard InChI is InChI=1S/C11H12N2O2/c12-11(15)9-6-10(14)13(9)7-8-4-2-1-3-5-8/h1-5,9H,6-7H2,(H2,12,15)/t9-/m1/s1. The molecule has 0 unspecified atom stereocenters. The number of rotatable bonds is 3. The van der Waals surface area contributed by atoms with Crippen LogP contribution in [0.2, 0.25) is 0 Å². The Morgan fingerprint density at radius 2 is 2.07 bits per heavy atom. The minimum Gasteiger partial charge on any atom is -0.368 e. The number of carbonyl (C=O) groups excluding carboxylic acids is 2. The van der Waals surface area contributed by atoms with Crippen LogP contribution in [0, 0.1) is 0 Å². The van der Waals surface area contributed by atoms with Gasteiger partial charge in [0, 0.05) is 6.54 Å². The molecular weight excluding hydrogens is 192 g/mol. The van der Waals surface area contributed by atoms with Crippen molar-refractivity contribution >= 4 is 11.8 Å². The van der Waals surface area contributed by atoms with Crippen LogP contribution in [0.5, 0.6) is 0 Å². The number of benzene rings is 1. The largest absolute Gasteiger partial charge is 0.368 e. The van der Waals surface area contributed by atoms with Crippen molar-refractivity contribution in [2.45, 2.75) is 19.0 Å². The first-order valence-corrected chi connectivity index (χ1v) is 4.81. The molecule has 2 rings (SSSR count). The lowest BCUT2D eigenvalue weighted by atomic mass is 10.00. The molecule has 1 aliphatic heterocycles. The number of β-lactam (4-membered cyclic amide) rings is 1. The predicted octanol–water partition coefficient (Wildman–Crippen LogP) is 0.273.